The van der Waals surface area contributed by atoms with Crippen LogP contribution in [0.5, 0.6) is 0 Å². The van der Waals surface area contributed by atoms with Crippen molar-refractivity contribution in [3.8, 4) is 0 Å². The third-order valence-corrected chi connectivity index (χ3v) is 7.43. The lowest BCUT2D eigenvalue weighted by molar-refractivity contribution is -0.195. The fourth-order valence-corrected chi connectivity index (χ4v) is 5.89. The average Bonchev–Trinajstić information content (AvgIpc) is 2.87. The molecule has 2 aliphatic heterocycles. The summed E-state index contributed by atoms with van der Waals surface area (Å²) in [5, 5.41) is 3.06. The van der Waals surface area contributed by atoms with Crippen LogP contribution in [0.2, 0.25) is 0 Å². The Bertz CT molecular complexity index is 955. The van der Waals surface area contributed by atoms with E-state index in [9.17, 15) is 19.2 Å². The Morgan fingerprint density at radius 1 is 1.10 bits per heavy atom. The van der Waals surface area contributed by atoms with Crippen LogP contribution in [-0.4, -0.2) is 57.1 Å². The smallest absolute Gasteiger partial charge is 0.262 e. The number of piperidine rings is 1. The van der Waals surface area contributed by atoms with Gasteiger partial charge in [-0.05, 0) is 57.2 Å². The highest BCUT2D eigenvalue weighted by atomic mass is 79.9. The number of nitrogens with one attached hydrogen (secondary N) is 1. The Hall–Kier alpha value is -2.22. The molecule has 0 radical (unpaired) electrons. The van der Waals surface area contributed by atoms with Crippen LogP contribution in [0, 0.1) is 0 Å². The van der Waals surface area contributed by atoms with Crippen LogP contribution in [0.15, 0.2) is 22.7 Å². The van der Waals surface area contributed by atoms with E-state index in [0.29, 0.717) is 22.0 Å². The summed E-state index contributed by atoms with van der Waals surface area (Å²) >= 11 is 3.31. The summed E-state index contributed by atoms with van der Waals surface area (Å²) in [7, 11) is 0. The van der Waals surface area contributed by atoms with Crippen LogP contribution in [0.1, 0.15) is 66.2 Å². The molecular formula is C21H22BrN3O4. The van der Waals surface area contributed by atoms with E-state index in [1.54, 1.807) is 25.1 Å². The second-order valence-electron chi connectivity index (χ2n) is 8.87. The number of likely N-dealkylation sites (tertiary alicyclic amines) is 1. The number of fused-ring (bicyclic) bond motifs is 1. The van der Waals surface area contributed by atoms with E-state index in [2.05, 4.69) is 21.2 Å². The molecule has 1 unspecified atom stereocenters. The normalized spacial score (nSPS) is 31.2. The Labute approximate surface area is 176 Å². The van der Waals surface area contributed by atoms with Crippen LogP contribution in [0.3, 0.4) is 0 Å². The summed E-state index contributed by atoms with van der Waals surface area (Å²) in [6, 6.07) is 4.04. The summed E-state index contributed by atoms with van der Waals surface area (Å²) in [6.45, 7) is 2.39. The maximum Gasteiger partial charge on any atom is 0.262 e. The number of benzene rings is 1. The summed E-state index contributed by atoms with van der Waals surface area (Å²) < 4.78 is 0.711. The van der Waals surface area contributed by atoms with Crippen molar-refractivity contribution in [3.05, 3.63) is 33.8 Å². The second kappa shape index (κ2) is 6.14. The molecule has 4 fully saturated rings. The standard InChI is InChI=1S/C21H22BrN3O4/c1-12(25-18(28)14-6-5-13(22)8-15(14)19(25)29)17(27)23-20-9-21(10-20,11-20)24-7-3-2-4-16(24)26/h5-6,8,12H,2-4,7,9-11H2,1H3,(H,23,27). The van der Waals surface area contributed by atoms with Crippen molar-refractivity contribution in [3.63, 3.8) is 0 Å². The van der Waals surface area contributed by atoms with Crippen molar-refractivity contribution in [2.75, 3.05) is 6.54 Å². The van der Waals surface area contributed by atoms with Gasteiger partial charge in [-0.25, -0.2) is 0 Å². The van der Waals surface area contributed by atoms with Gasteiger partial charge in [0, 0.05) is 28.5 Å². The van der Waals surface area contributed by atoms with Gasteiger partial charge in [-0.15, -0.1) is 0 Å². The molecule has 1 aromatic rings. The molecule has 6 rings (SSSR count). The molecule has 1 aromatic carbocycles. The summed E-state index contributed by atoms with van der Waals surface area (Å²) in [6.07, 6.45) is 4.91. The molecule has 5 aliphatic rings. The van der Waals surface area contributed by atoms with Crippen molar-refractivity contribution in [2.24, 2.45) is 0 Å². The Morgan fingerprint density at radius 3 is 2.48 bits per heavy atom. The van der Waals surface area contributed by atoms with E-state index >= 15 is 0 Å². The fraction of sp³-hybridized carbons (Fsp3) is 0.524. The minimum Gasteiger partial charge on any atom is -0.349 e. The zero-order valence-electron chi connectivity index (χ0n) is 16.2. The lowest BCUT2D eigenvalue weighted by Gasteiger charge is -2.74. The van der Waals surface area contributed by atoms with E-state index in [-0.39, 0.29) is 22.9 Å². The van der Waals surface area contributed by atoms with Gasteiger partial charge in [0.2, 0.25) is 11.8 Å². The molecule has 1 saturated heterocycles. The lowest BCUT2D eigenvalue weighted by atomic mass is 9.43. The van der Waals surface area contributed by atoms with Crippen LogP contribution >= 0.6 is 15.9 Å². The Morgan fingerprint density at radius 2 is 1.79 bits per heavy atom. The SMILES string of the molecule is CC(C(=O)NC12CC(N3CCCCC3=O)(C1)C2)N1C(=O)c2ccc(Br)cc2C1=O. The molecule has 0 aromatic heterocycles. The first kappa shape index (κ1) is 18.8. The number of amides is 4. The Balaban J connectivity index is 1.25. The highest BCUT2D eigenvalue weighted by Gasteiger charge is 2.72. The quantitative estimate of drug-likeness (QED) is 0.699. The zero-order valence-corrected chi connectivity index (χ0v) is 17.8. The minimum atomic E-state index is -0.886. The summed E-state index contributed by atoms with van der Waals surface area (Å²) in [4.78, 5) is 53.5. The van der Waals surface area contributed by atoms with Gasteiger partial charge in [-0.1, -0.05) is 15.9 Å². The molecule has 4 amide bonds. The minimum absolute atomic E-state index is 0.0875. The van der Waals surface area contributed by atoms with Gasteiger partial charge in [-0.2, -0.15) is 0 Å². The van der Waals surface area contributed by atoms with Crippen molar-refractivity contribution in [1.29, 1.82) is 0 Å². The van der Waals surface area contributed by atoms with Crippen LogP contribution in [0.4, 0.5) is 0 Å². The molecular weight excluding hydrogens is 438 g/mol. The molecule has 7 nitrogen and oxygen atoms in total. The van der Waals surface area contributed by atoms with Gasteiger partial charge in [0.1, 0.15) is 6.04 Å². The molecule has 1 atom stereocenters. The maximum atomic E-state index is 12.9. The van der Waals surface area contributed by atoms with Gasteiger partial charge in [0.05, 0.1) is 11.1 Å². The largest absolute Gasteiger partial charge is 0.349 e. The van der Waals surface area contributed by atoms with E-state index in [1.807, 2.05) is 4.90 Å². The van der Waals surface area contributed by atoms with Gasteiger partial charge >= 0.3 is 0 Å². The number of rotatable bonds is 4. The molecule has 152 valence electrons. The number of halogens is 1. The molecule has 0 spiro atoms. The van der Waals surface area contributed by atoms with Crippen molar-refractivity contribution in [1.82, 2.24) is 15.1 Å². The molecule has 3 aliphatic carbocycles. The predicted octanol–water partition coefficient (Wildman–Crippen LogP) is 2.24. The van der Waals surface area contributed by atoms with Crippen molar-refractivity contribution >= 4 is 39.6 Å². The molecule has 1 N–H and O–H groups in total. The number of carbonyl (C=O) groups is 4. The zero-order chi connectivity index (χ0) is 20.6. The third kappa shape index (κ3) is 2.61. The van der Waals surface area contributed by atoms with Gasteiger partial charge in [-0.3, -0.25) is 24.1 Å². The predicted molar refractivity (Wildman–Crippen MR) is 107 cm³/mol. The number of hydrogen-bond acceptors (Lipinski definition) is 4. The average molecular weight is 460 g/mol. The Kier molecular flexibility index (Phi) is 3.98. The second-order valence-corrected chi connectivity index (χ2v) is 9.79. The van der Waals surface area contributed by atoms with Gasteiger partial charge < -0.3 is 10.2 Å². The molecule has 2 bridgehead atoms. The van der Waals surface area contributed by atoms with Crippen LogP contribution in [0.25, 0.3) is 0 Å². The number of carbonyl (C=O) groups excluding carboxylic acids is 4. The highest BCUT2D eigenvalue weighted by molar-refractivity contribution is 9.10. The summed E-state index contributed by atoms with van der Waals surface area (Å²) in [5.74, 6) is -0.978. The lowest BCUT2D eigenvalue weighted by Crippen LogP contribution is -2.85. The molecule has 8 heteroatoms. The first-order chi connectivity index (χ1) is 13.8. The molecule has 2 heterocycles. The molecule has 3 saturated carbocycles. The fourth-order valence-electron chi connectivity index (χ4n) is 5.53. The van der Waals surface area contributed by atoms with Gasteiger partial charge in [0.25, 0.3) is 11.8 Å². The van der Waals surface area contributed by atoms with E-state index in [0.717, 1.165) is 43.5 Å². The first-order valence-corrected chi connectivity index (χ1v) is 10.8. The number of imide groups is 1. The van der Waals surface area contributed by atoms with E-state index in [1.165, 1.54) is 0 Å². The highest BCUT2D eigenvalue weighted by Crippen LogP contribution is 2.64. The van der Waals surface area contributed by atoms with E-state index < -0.39 is 17.9 Å². The van der Waals surface area contributed by atoms with Crippen LogP contribution in [-0.2, 0) is 9.59 Å². The number of nitrogens with zero attached hydrogens (tertiary/aromatic N) is 2. The van der Waals surface area contributed by atoms with Crippen LogP contribution < -0.4 is 5.32 Å². The monoisotopic (exact) mass is 459 g/mol. The maximum absolute atomic E-state index is 12.9. The van der Waals surface area contributed by atoms with Crippen molar-refractivity contribution in [2.45, 2.75) is 62.6 Å². The number of hydrogen-bond donors (Lipinski definition) is 1. The third-order valence-electron chi connectivity index (χ3n) is 6.93. The molecule has 29 heavy (non-hydrogen) atoms. The topological polar surface area (TPSA) is 86.8 Å². The van der Waals surface area contributed by atoms with Gasteiger partial charge in [0.15, 0.2) is 0 Å². The summed E-state index contributed by atoms with van der Waals surface area (Å²) in [5.41, 5.74) is 0.253. The van der Waals surface area contributed by atoms with E-state index in [4.69, 9.17) is 0 Å². The van der Waals surface area contributed by atoms with Crippen molar-refractivity contribution < 1.29 is 19.2 Å². The first-order valence-electron chi connectivity index (χ1n) is 10.1.